The van der Waals surface area contributed by atoms with E-state index in [1.54, 1.807) is 19.1 Å². The molecular weight excluding hydrogens is 381 g/mol. The maximum absolute atomic E-state index is 14.4. The summed E-state index contributed by atoms with van der Waals surface area (Å²) in [4.78, 5) is 24.0. The minimum Gasteiger partial charge on any atom is -0.443 e. The molecule has 3 unspecified atom stereocenters. The molecule has 0 radical (unpaired) electrons. The SMILES string of the molecule is Cc1cc(CC(=O)Nc2cc(C3CC(F)C(OC(=O)NC4(C)CC4)C3)[nH]n2)on1. The topological polar surface area (TPSA) is 122 Å². The fourth-order valence-electron chi connectivity index (χ4n) is 3.50. The van der Waals surface area contributed by atoms with E-state index in [1.165, 1.54) is 0 Å². The Balaban J connectivity index is 1.29. The van der Waals surface area contributed by atoms with Crippen LogP contribution in [0, 0.1) is 6.92 Å². The van der Waals surface area contributed by atoms with Gasteiger partial charge in [-0.05, 0) is 39.5 Å². The molecule has 156 valence electrons. The van der Waals surface area contributed by atoms with Gasteiger partial charge in [-0.2, -0.15) is 5.10 Å². The number of H-pyrrole nitrogens is 1. The second kappa shape index (κ2) is 7.49. The van der Waals surface area contributed by atoms with Crippen molar-refractivity contribution in [2.75, 3.05) is 5.32 Å². The number of ether oxygens (including phenoxy) is 1. The third kappa shape index (κ3) is 4.75. The van der Waals surface area contributed by atoms with Gasteiger partial charge in [0.25, 0.3) is 0 Å². The van der Waals surface area contributed by atoms with Crippen molar-refractivity contribution in [3.05, 3.63) is 29.3 Å². The van der Waals surface area contributed by atoms with Crippen molar-refractivity contribution in [3.8, 4) is 0 Å². The molecule has 2 amide bonds. The highest BCUT2D eigenvalue weighted by atomic mass is 19.1. The molecule has 10 heteroatoms. The Kier molecular flexibility index (Phi) is 5.01. The number of alkyl carbamates (subject to hydrolysis) is 1. The molecule has 2 aliphatic carbocycles. The smallest absolute Gasteiger partial charge is 0.407 e. The fourth-order valence-corrected chi connectivity index (χ4v) is 3.50. The molecule has 2 aliphatic rings. The zero-order chi connectivity index (χ0) is 20.6. The van der Waals surface area contributed by atoms with Crippen LogP contribution in [0.2, 0.25) is 0 Å². The number of amides is 2. The van der Waals surface area contributed by atoms with Gasteiger partial charge < -0.3 is 19.9 Å². The lowest BCUT2D eigenvalue weighted by Crippen LogP contribution is -2.38. The van der Waals surface area contributed by atoms with E-state index in [0.29, 0.717) is 29.4 Å². The van der Waals surface area contributed by atoms with Crippen LogP contribution in [-0.4, -0.2) is 45.2 Å². The van der Waals surface area contributed by atoms with Gasteiger partial charge >= 0.3 is 6.09 Å². The zero-order valence-electron chi connectivity index (χ0n) is 16.3. The predicted octanol–water partition coefficient (Wildman–Crippen LogP) is 2.75. The molecular formula is C19H24FN5O4. The number of aryl methyl sites for hydroxylation is 1. The highest BCUT2D eigenvalue weighted by Crippen LogP contribution is 2.38. The molecule has 2 saturated carbocycles. The highest BCUT2D eigenvalue weighted by molar-refractivity contribution is 5.91. The van der Waals surface area contributed by atoms with Crippen LogP contribution in [0.5, 0.6) is 0 Å². The summed E-state index contributed by atoms with van der Waals surface area (Å²) in [6.45, 7) is 3.71. The number of carbonyl (C=O) groups excluding carboxylic acids is 2. The summed E-state index contributed by atoms with van der Waals surface area (Å²) >= 11 is 0. The van der Waals surface area contributed by atoms with Crippen molar-refractivity contribution in [3.63, 3.8) is 0 Å². The van der Waals surface area contributed by atoms with E-state index in [-0.39, 0.29) is 30.2 Å². The lowest BCUT2D eigenvalue weighted by Gasteiger charge is -2.17. The van der Waals surface area contributed by atoms with Crippen LogP contribution in [0.4, 0.5) is 15.0 Å². The lowest BCUT2D eigenvalue weighted by molar-refractivity contribution is -0.115. The Hall–Kier alpha value is -2.91. The largest absolute Gasteiger partial charge is 0.443 e. The van der Waals surface area contributed by atoms with Crippen molar-refractivity contribution < 1.29 is 23.2 Å². The number of alkyl halides is 1. The average Bonchev–Trinajstić information content (AvgIpc) is 3.01. The molecule has 2 fully saturated rings. The van der Waals surface area contributed by atoms with E-state index in [9.17, 15) is 14.0 Å². The summed E-state index contributed by atoms with van der Waals surface area (Å²) < 4.78 is 24.7. The Bertz CT molecular complexity index is 906. The summed E-state index contributed by atoms with van der Waals surface area (Å²) in [6, 6.07) is 3.37. The van der Waals surface area contributed by atoms with Crippen molar-refractivity contribution in [2.24, 2.45) is 0 Å². The Morgan fingerprint density at radius 3 is 2.86 bits per heavy atom. The first-order valence-electron chi connectivity index (χ1n) is 9.70. The highest BCUT2D eigenvalue weighted by Gasteiger charge is 2.42. The van der Waals surface area contributed by atoms with Crippen LogP contribution in [0.3, 0.4) is 0 Å². The summed E-state index contributed by atoms with van der Waals surface area (Å²) in [6.07, 6.45) is -0.158. The number of nitrogens with zero attached hydrogens (tertiary/aromatic N) is 2. The first-order valence-corrected chi connectivity index (χ1v) is 9.70. The minimum atomic E-state index is -1.24. The number of hydrogen-bond acceptors (Lipinski definition) is 6. The van der Waals surface area contributed by atoms with E-state index >= 15 is 0 Å². The lowest BCUT2D eigenvalue weighted by atomic mass is 10.0. The van der Waals surface area contributed by atoms with Gasteiger partial charge in [-0.25, -0.2) is 9.18 Å². The first-order chi connectivity index (χ1) is 13.8. The molecule has 4 rings (SSSR count). The molecule has 0 aliphatic heterocycles. The molecule has 3 N–H and O–H groups in total. The van der Waals surface area contributed by atoms with E-state index in [1.807, 2.05) is 6.92 Å². The van der Waals surface area contributed by atoms with Gasteiger partial charge in [-0.15, -0.1) is 0 Å². The predicted molar refractivity (Wildman–Crippen MR) is 100 cm³/mol. The number of halogens is 1. The molecule has 2 heterocycles. The maximum atomic E-state index is 14.4. The Morgan fingerprint density at radius 1 is 1.38 bits per heavy atom. The minimum absolute atomic E-state index is 0.0446. The number of anilines is 1. The Morgan fingerprint density at radius 2 is 2.17 bits per heavy atom. The van der Waals surface area contributed by atoms with Crippen LogP contribution in [0.25, 0.3) is 0 Å². The molecule has 0 spiro atoms. The van der Waals surface area contributed by atoms with Crippen molar-refractivity contribution >= 4 is 17.8 Å². The quantitative estimate of drug-likeness (QED) is 0.679. The van der Waals surface area contributed by atoms with Crippen LogP contribution in [0.15, 0.2) is 16.7 Å². The van der Waals surface area contributed by atoms with Crippen molar-refractivity contribution in [2.45, 2.75) is 69.7 Å². The van der Waals surface area contributed by atoms with Crippen molar-refractivity contribution in [1.29, 1.82) is 0 Å². The third-order valence-corrected chi connectivity index (χ3v) is 5.41. The van der Waals surface area contributed by atoms with Gasteiger partial charge in [-0.1, -0.05) is 5.16 Å². The normalized spacial score (nSPS) is 24.9. The molecule has 0 aromatic carbocycles. The number of rotatable bonds is 6. The third-order valence-electron chi connectivity index (χ3n) is 5.41. The molecule has 2 aromatic heterocycles. The molecule has 9 nitrogen and oxygen atoms in total. The van der Waals surface area contributed by atoms with Crippen LogP contribution < -0.4 is 10.6 Å². The van der Waals surface area contributed by atoms with Crippen LogP contribution in [-0.2, 0) is 16.0 Å². The van der Waals surface area contributed by atoms with Crippen LogP contribution in [0.1, 0.15) is 55.7 Å². The average molecular weight is 405 g/mol. The molecule has 29 heavy (non-hydrogen) atoms. The van der Waals surface area contributed by atoms with Gasteiger partial charge in [-0.3, -0.25) is 9.89 Å². The monoisotopic (exact) mass is 405 g/mol. The number of aromatic amines is 1. The molecule has 0 bridgehead atoms. The Labute approximate surface area is 166 Å². The van der Waals surface area contributed by atoms with Gasteiger partial charge in [0.15, 0.2) is 5.82 Å². The van der Waals surface area contributed by atoms with Gasteiger partial charge in [0, 0.05) is 29.3 Å². The summed E-state index contributed by atoms with van der Waals surface area (Å²) in [5, 5.41) is 16.1. The molecule has 0 saturated heterocycles. The van der Waals surface area contributed by atoms with E-state index in [0.717, 1.165) is 12.8 Å². The van der Waals surface area contributed by atoms with Gasteiger partial charge in [0.2, 0.25) is 5.91 Å². The first kappa shape index (κ1) is 19.4. The summed E-state index contributed by atoms with van der Waals surface area (Å²) in [5.41, 5.74) is 1.19. The maximum Gasteiger partial charge on any atom is 0.407 e. The van der Waals surface area contributed by atoms with Gasteiger partial charge in [0.05, 0.1) is 12.1 Å². The summed E-state index contributed by atoms with van der Waals surface area (Å²) in [5.74, 6) is 0.348. The van der Waals surface area contributed by atoms with Crippen LogP contribution >= 0.6 is 0 Å². The van der Waals surface area contributed by atoms with E-state index in [4.69, 9.17) is 9.26 Å². The second-order valence-corrected chi connectivity index (χ2v) is 8.18. The van der Waals surface area contributed by atoms with Crippen molar-refractivity contribution in [1.82, 2.24) is 20.7 Å². The fraction of sp³-hybridized carbons (Fsp3) is 0.579. The van der Waals surface area contributed by atoms with Gasteiger partial charge in [0.1, 0.15) is 18.0 Å². The second-order valence-electron chi connectivity index (χ2n) is 8.18. The standard InChI is InChI=1S/C19H24FN5O4/c1-10-5-12(29-25-10)8-17(26)21-16-9-14(23-24-16)11-6-13(20)15(7-11)28-18(27)22-19(2)3-4-19/h5,9,11,13,15H,3-4,6-8H2,1-2H3,(H,22,27)(H2,21,23,24,26). The molecule has 3 atom stereocenters. The number of nitrogens with one attached hydrogen (secondary N) is 3. The zero-order valence-corrected chi connectivity index (χ0v) is 16.3. The number of aromatic nitrogens is 3. The molecule has 2 aromatic rings. The van der Waals surface area contributed by atoms with E-state index in [2.05, 4.69) is 26.0 Å². The number of carbonyl (C=O) groups is 2. The van der Waals surface area contributed by atoms with E-state index < -0.39 is 18.4 Å². The number of hydrogen-bond donors (Lipinski definition) is 3. The summed E-state index contributed by atoms with van der Waals surface area (Å²) in [7, 11) is 0.